The number of carbonyl (C=O) groups excluding carboxylic acids is 1. The van der Waals surface area contributed by atoms with Crippen LogP contribution in [0.1, 0.15) is 41.3 Å². The van der Waals surface area contributed by atoms with Crippen LogP contribution in [0, 0.1) is 0 Å². The van der Waals surface area contributed by atoms with Crippen molar-refractivity contribution in [2.24, 2.45) is 0 Å². The lowest BCUT2D eigenvalue weighted by Crippen LogP contribution is -2.01. The van der Waals surface area contributed by atoms with E-state index in [1.807, 2.05) is 42.5 Å². The Balaban J connectivity index is 2.23. The molecule has 0 saturated heterocycles. The van der Waals surface area contributed by atoms with E-state index < -0.39 is 0 Å². The molecule has 0 bridgehead atoms. The summed E-state index contributed by atoms with van der Waals surface area (Å²) in [6, 6.07) is 18.0. The fraction of sp³-hybridized carbons (Fsp3) is 0.167. The average Bonchev–Trinajstić information content (AvgIpc) is 2.46. The van der Waals surface area contributed by atoms with Gasteiger partial charge in [0.25, 0.3) is 0 Å². The van der Waals surface area contributed by atoms with Gasteiger partial charge in [-0.3, -0.25) is 4.79 Å². The number of carbonyl (C=O) groups is 1. The largest absolute Gasteiger partial charge is 0.295 e. The highest BCUT2D eigenvalue weighted by atomic mass is 16.1. The molecule has 0 heterocycles. The number of hydrogen-bond donors (Lipinski definition) is 0. The molecule has 0 radical (unpaired) electrons. The van der Waals surface area contributed by atoms with Crippen molar-refractivity contribution in [3.8, 4) is 0 Å². The number of ketones is 1. The van der Waals surface area contributed by atoms with Gasteiger partial charge in [0.1, 0.15) is 0 Å². The fourth-order valence-electron chi connectivity index (χ4n) is 2.14. The van der Waals surface area contributed by atoms with Crippen molar-refractivity contribution >= 4 is 11.9 Å². The Bertz CT molecular complexity index is 582. The summed E-state index contributed by atoms with van der Waals surface area (Å²) in [5.41, 5.74) is 3.07. The first-order valence-electron chi connectivity index (χ1n) is 6.51. The maximum Gasteiger partial charge on any atom is 0.160 e. The highest BCUT2D eigenvalue weighted by Gasteiger charge is 2.10. The monoisotopic (exact) mass is 250 g/mol. The lowest BCUT2D eigenvalue weighted by molar-refractivity contribution is 0.101. The van der Waals surface area contributed by atoms with Gasteiger partial charge in [-0.1, -0.05) is 73.7 Å². The summed E-state index contributed by atoms with van der Waals surface area (Å²) in [5.74, 6) is 0.343. The zero-order valence-electron chi connectivity index (χ0n) is 11.3. The molecule has 0 aliphatic rings. The molecule has 0 N–H and O–H groups in total. The van der Waals surface area contributed by atoms with Crippen molar-refractivity contribution in [2.45, 2.75) is 19.8 Å². The lowest BCUT2D eigenvalue weighted by atomic mass is 9.93. The topological polar surface area (TPSA) is 17.1 Å². The molecule has 0 aliphatic heterocycles. The van der Waals surface area contributed by atoms with E-state index in [0.29, 0.717) is 0 Å². The van der Waals surface area contributed by atoms with E-state index in [9.17, 15) is 4.79 Å². The summed E-state index contributed by atoms with van der Waals surface area (Å²) in [5, 5.41) is 0. The molecule has 0 fully saturated rings. The molecule has 0 amide bonds. The van der Waals surface area contributed by atoms with Crippen molar-refractivity contribution in [3.05, 3.63) is 77.4 Å². The Kier molecular flexibility index (Phi) is 4.30. The Morgan fingerprint density at radius 3 is 2.32 bits per heavy atom. The molecule has 2 rings (SSSR count). The smallest absolute Gasteiger partial charge is 0.160 e. The average molecular weight is 250 g/mol. The number of rotatable bonds is 4. The SMILES string of the molecule is CC(=O)c1ccccc1[C@H](C)/C=C/c1ccccc1. The zero-order valence-corrected chi connectivity index (χ0v) is 11.3. The minimum Gasteiger partial charge on any atom is -0.295 e. The second-order valence-electron chi connectivity index (χ2n) is 4.70. The van der Waals surface area contributed by atoms with E-state index in [2.05, 4.69) is 31.2 Å². The van der Waals surface area contributed by atoms with E-state index in [1.54, 1.807) is 6.92 Å². The van der Waals surface area contributed by atoms with Crippen molar-refractivity contribution in [2.75, 3.05) is 0 Å². The molecule has 19 heavy (non-hydrogen) atoms. The van der Waals surface area contributed by atoms with Crippen LogP contribution in [0.5, 0.6) is 0 Å². The molecular formula is C18H18O. The first kappa shape index (κ1) is 13.3. The minimum atomic E-state index is 0.121. The summed E-state index contributed by atoms with van der Waals surface area (Å²) >= 11 is 0. The molecule has 0 unspecified atom stereocenters. The third kappa shape index (κ3) is 3.41. The van der Waals surface area contributed by atoms with Gasteiger partial charge in [0.15, 0.2) is 5.78 Å². The lowest BCUT2D eigenvalue weighted by Gasteiger charge is -2.11. The molecule has 0 aromatic heterocycles. The predicted octanol–water partition coefficient (Wildman–Crippen LogP) is 4.71. The second-order valence-corrected chi connectivity index (χ2v) is 4.70. The number of allylic oxidation sites excluding steroid dienone is 1. The number of Topliss-reactive ketones (excluding diaryl/α,β-unsaturated/α-hetero) is 1. The summed E-state index contributed by atoms with van der Waals surface area (Å²) in [6.07, 6.45) is 4.23. The minimum absolute atomic E-state index is 0.121. The van der Waals surface area contributed by atoms with Gasteiger partial charge in [-0.15, -0.1) is 0 Å². The zero-order chi connectivity index (χ0) is 13.7. The fourth-order valence-corrected chi connectivity index (χ4v) is 2.14. The number of benzene rings is 2. The Morgan fingerprint density at radius 2 is 1.63 bits per heavy atom. The van der Waals surface area contributed by atoms with Gasteiger partial charge in [0.2, 0.25) is 0 Å². The van der Waals surface area contributed by atoms with E-state index in [-0.39, 0.29) is 11.7 Å². The maximum absolute atomic E-state index is 11.6. The van der Waals surface area contributed by atoms with Gasteiger partial charge in [-0.25, -0.2) is 0 Å². The summed E-state index contributed by atoms with van der Waals surface area (Å²) < 4.78 is 0. The third-order valence-corrected chi connectivity index (χ3v) is 3.21. The summed E-state index contributed by atoms with van der Waals surface area (Å²) in [6.45, 7) is 3.73. The van der Waals surface area contributed by atoms with E-state index in [4.69, 9.17) is 0 Å². The number of hydrogen-bond acceptors (Lipinski definition) is 1. The molecule has 0 spiro atoms. The van der Waals surface area contributed by atoms with Gasteiger partial charge in [0, 0.05) is 11.5 Å². The van der Waals surface area contributed by atoms with Gasteiger partial charge in [-0.05, 0) is 18.1 Å². The van der Waals surface area contributed by atoms with Crippen LogP contribution in [-0.4, -0.2) is 5.78 Å². The Morgan fingerprint density at radius 1 is 1.00 bits per heavy atom. The molecule has 1 heteroatoms. The van der Waals surface area contributed by atoms with Gasteiger partial charge in [-0.2, -0.15) is 0 Å². The van der Waals surface area contributed by atoms with Crippen LogP contribution < -0.4 is 0 Å². The van der Waals surface area contributed by atoms with Crippen LogP contribution in [-0.2, 0) is 0 Å². The Labute approximate surface area is 114 Å². The van der Waals surface area contributed by atoms with Gasteiger partial charge in [0.05, 0.1) is 0 Å². The van der Waals surface area contributed by atoms with Crippen LogP contribution in [0.25, 0.3) is 6.08 Å². The molecule has 96 valence electrons. The normalized spacial score (nSPS) is 12.5. The highest BCUT2D eigenvalue weighted by Crippen LogP contribution is 2.22. The molecule has 1 nitrogen and oxygen atoms in total. The molecule has 0 aliphatic carbocycles. The van der Waals surface area contributed by atoms with Crippen LogP contribution >= 0.6 is 0 Å². The molecule has 0 saturated carbocycles. The van der Waals surface area contributed by atoms with Crippen molar-refractivity contribution in [1.82, 2.24) is 0 Å². The molecular weight excluding hydrogens is 232 g/mol. The van der Waals surface area contributed by atoms with Crippen LogP contribution in [0.15, 0.2) is 60.7 Å². The standard InChI is InChI=1S/C18H18O/c1-14(12-13-16-8-4-3-5-9-16)17-10-6-7-11-18(17)15(2)19/h3-14H,1-2H3/b13-12+/t14-/m1/s1. The first-order chi connectivity index (χ1) is 9.18. The summed E-state index contributed by atoms with van der Waals surface area (Å²) in [7, 11) is 0. The van der Waals surface area contributed by atoms with Crippen LogP contribution in [0.4, 0.5) is 0 Å². The quantitative estimate of drug-likeness (QED) is 0.718. The molecule has 2 aromatic rings. The van der Waals surface area contributed by atoms with E-state index >= 15 is 0 Å². The maximum atomic E-state index is 11.6. The second kappa shape index (κ2) is 6.14. The van der Waals surface area contributed by atoms with Crippen molar-refractivity contribution in [1.29, 1.82) is 0 Å². The Hall–Kier alpha value is -2.15. The van der Waals surface area contributed by atoms with Crippen molar-refractivity contribution < 1.29 is 4.79 Å². The predicted molar refractivity (Wildman–Crippen MR) is 80.3 cm³/mol. The van der Waals surface area contributed by atoms with Crippen LogP contribution in [0.2, 0.25) is 0 Å². The first-order valence-corrected chi connectivity index (χ1v) is 6.51. The molecule has 2 aromatic carbocycles. The van der Waals surface area contributed by atoms with Gasteiger partial charge >= 0.3 is 0 Å². The molecule has 1 atom stereocenters. The van der Waals surface area contributed by atoms with Gasteiger partial charge < -0.3 is 0 Å². The van der Waals surface area contributed by atoms with Crippen molar-refractivity contribution in [3.63, 3.8) is 0 Å². The van der Waals surface area contributed by atoms with E-state index in [1.165, 1.54) is 5.56 Å². The van der Waals surface area contributed by atoms with Crippen LogP contribution in [0.3, 0.4) is 0 Å². The van der Waals surface area contributed by atoms with E-state index in [0.717, 1.165) is 11.1 Å². The highest BCUT2D eigenvalue weighted by molar-refractivity contribution is 5.95. The summed E-state index contributed by atoms with van der Waals surface area (Å²) in [4.78, 5) is 11.6. The third-order valence-electron chi connectivity index (χ3n) is 3.21.